The smallest absolute Gasteiger partial charge is 0.00121 e. The quantitative estimate of drug-likeness (QED) is 0.712. The van der Waals surface area contributed by atoms with Gasteiger partial charge in [0.1, 0.15) is 0 Å². The van der Waals surface area contributed by atoms with Crippen molar-refractivity contribution in [2.75, 3.05) is 12.4 Å². The van der Waals surface area contributed by atoms with Gasteiger partial charge >= 0.3 is 0 Å². The van der Waals surface area contributed by atoms with Gasteiger partial charge in [-0.05, 0) is 0 Å². The predicted molar refractivity (Wildman–Crippen MR) is 44.3 cm³/mol. The van der Waals surface area contributed by atoms with Crippen LogP contribution in [-0.2, 0) is 98.1 Å². The van der Waals surface area contributed by atoms with E-state index in [-0.39, 0.29) is 98.1 Å². The minimum absolute atomic E-state index is 0. The van der Waals surface area contributed by atoms with E-state index < -0.39 is 0 Å². The number of benzene rings is 1. The summed E-state index contributed by atoms with van der Waals surface area (Å²) in [5.74, 6) is 0. The summed E-state index contributed by atoms with van der Waals surface area (Å²) in [5, 5.41) is 3.04. The van der Waals surface area contributed by atoms with Crippen molar-refractivity contribution in [1.29, 1.82) is 0 Å². The van der Waals surface area contributed by atoms with Gasteiger partial charge in [-0.15, -0.1) is 6.07 Å². The molecule has 1 N–H and O–H groups in total. The average molecular weight is 401 g/mol. The van der Waals surface area contributed by atoms with E-state index in [2.05, 4.69) is 31.3 Å². The summed E-state index contributed by atoms with van der Waals surface area (Å²) in [6, 6.07) is 7.21. The van der Waals surface area contributed by atoms with Crippen LogP contribution in [0.4, 0.5) is 5.69 Å². The Balaban J connectivity index is -0.000000333. The summed E-state index contributed by atoms with van der Waals surface area (Å²) in [5.41, 5.74) is 3.66. The molecule has 1 rings (SSSR count). The average Bonchev–Trinajstić information content (AvgIpc) is 1.95. The monoisotopic (exact) mass is 401 g/mol. The van der Waals surface area contributed by atoms with Crippen molar-refractivity contribution in [3.05, 3.63) is 29.3 Å². The van der Waals surface area contributed by atoms with E-state index in [4.69, 9.17) is 0 Å². The van der Waals surface area contributed by atoms with Crippen LogP contribution in [0.15, 0.2) is 12.1 Å². The molecule has 1 aromatic rings. The van der Waals surface area contributed by atoms with Crippen molar-refractivity contribution in [3.63, 3.8) is 0 Å². The van der Waals surface area contributed by atoms with Gasteiger partial charge in [0.15, 0.2) is 0 Å². The maximum absolute atomic E-state index is 3.12. The summed E-state index contributed by atoms with van der Waals surface area (Å²) >= 11 is 0. The minimum Gasteiger partial charge on any atom is -0.410 e. The Labute approximate surface area is 156 Å². The number of rotatable bonds is 1. The molecule has 3 radical (unpaired) electrons. The van der Waals surface area contributed by atoms with Crippen molar-refractivity contribution < 1.29 is 98.1 Å². The predicted octanol–water partition coefficient (Wildman–Crippen LogP) is 2.14. The molecule has 0 spiro atoms. The molecule has 13 heavy (non-hydrogen) atoms. The van der Waals surface area contributed by atoms with Crippen LogP contribution in [0.2, 0.25) is 0 Å². The molecule has 0 fully saturated rings. The normalized spacial score (nSPS) is 7.31. The van der Waals surface area contributed by atoms with Crippen LogP contribution in [0.5, 0.6) is 0 Å². The van der Waals surface area contributed by atoms with Gasteiger partial charge in [0.25, 0.3) is 0 Å². The summed E-state index contributed by atoms with van der Waals surface area (Å²) in [7, 11) is 1.90. The largest absolute Gasteiger partial charge is 0.410 e. The Bertz CT molecular complexity index is 238. The molecule has 0 aliphatic heterocycles. The number of hydrogen-bond donors (Lipinski definition) is 1. The SMILES string of the molecule is CNc1[c-]cc(C)c(C)c1.[Y].[Y].[Y]. The Morgan fingerprint density at radius 3 is 2.00 bits per heavy atom. The van der Waals surface area contributed by atoms with Crippen molar-refractivity contribution in [2.24, 2.45) is 0 Å². The number of hydrogen-bond acceptors (Lipinski definition) is 1. The number of aryl methyl sites for hydroxylation is 2. The van der Waals surface area contributed by atoms with E-state index in [0.717, 1.165) is 5.69 Å². The fourth-order valence-electron chi connectivity index (χ4n) is 0.816. The zero-order chi connectivity index (χ0) is 7.56. The molecule has 0 aliphatic rings. The molecular formula is C9H12NY3-. The third kappa shape index (κ3) is 7.26. The molecule has 0 bridgehead atoms. The van der Waals surface area contributed by atoms with Gasteiger partial charge < -0.3 is 5.32 Å². The van der Waals surface area contributed by atoms with Gasteiger partial charge in [-0.3, -0.25) is 0 Å². The van der Waals surface area contributed by atoms with E-state index in [0.29, 0.717) is 0 Å². The zero-order valence-corrected chi connectivity index (χ0v) is 16.9. The first-order chi connectivity index (χ1) is 4.74. The van der Waals surface area contributed by atoms with Crippen LogP contribution in [0, 0.1) is 19.9 Å². The third-order valence-electron chi connectivity index (χ3n) is 1.70. The fourth-order valence-corrected chi connectivity index (χ4v) is 0.816. The summed E-state index contributed by atoms with van der Waals surface area (Å²) < 4.78 is 0. The second-order valence-corrected chi connectivity index (χ2v) is 2.46. The van der Waals surface area contributed by atoms with Gasteiger partial charge in [0.05, 0.1) is 0 Å². The Kier molecular flexibility index (Phi) is 17.3. The third-order valence-corrected chi connectivity index (χ3v) is 1.70. The molecule has 0 amide bonds. The van der Waals surface area contributed by atoms with Crippen molar-refractivity contribution >= 4 is 5.69 Å². The number of nitrogens with one attached hydrogen (secondary N) is 1. The van der Waals surface area contributed by atoms with Crippen LogP contribution in [0.3, 0.4) is 0 Å². The van der Waals surface area contributed by atoms with E-state index >= 15 is 0 Å². The van der Waals surface area contributed by atoms with E-state index in [1.165, 1.54) is 11.1 Å². The van der Waals surface area contributed by atoms with Crippen LogP contribution < -0.4 is 5.32 Å². The van der Waals surface area contributed by atoms with Gasteiger partial charge in [0.2, 0.25) is 0 Å². The second kappa shape index (κ2) is 10.8. The van der Waals surface area contributed by atoms with Gasteiger partial charge in [0, 0.05) is 105 Å². The topological polar surface area (TPSA) is 12.0 Å². The van der Waals surface area contributed by atoms with Gasteiger partial charge in [-0.1, -0.05) is 19.5 Å². The molecular weight excluding hydrogens is 389 g/mol. The van der Waals surface area contributed by atoms with E-state index in [1.807, 2.05) is 13.1 Å². The summed E-state index contributed by atoms with van der Waals surface area (Å²) in [6.07, 6.45) is 0. The van der Waals surface area contributed by atoms with Crippen molar-refractivity contribution in [2.45, 2.75) is 13.8 Å². The van der Waals surface area contributed by atoms with Crippen molar-refractivity contribution in [3.8, 4) is 0 Å². The molecule has 0 unspecified atom stereocenters. The maximum Gasteiger partial charge on any atom is 0.00121 e. The summed E-state index contributed by atoms with van der Waals surface area (Å²) in [6.45, 7) is 4.19. The Morgan fingerprint density at radius 1 is 1.08 bits per heavy atom. The number of anilines is 1. The van der Waals surface area contributed by atoms with Crippen LogP contribution in [-0.4, -0.2) is 7.05 Å². The van der Waals surface area contributed by atoms with Crippen LogP contribution in [0.1, 0.15) is 11.1 Å². The molecule has 0 heterocycles. The molecule has 0 atom stereocenters. The zero-order valence-electron chi connectivity index (χ0n) is 8.39. The minimum atomic E-state index is 0. The van der Waals surface area contributed by atoms with Crippen molar-refractivity contribution in [1.82, 2.24) is 0 Å². The molecule has 1 aromatic carbocycles. The molecule has 4 heteroatoms. The fraction of sp³-hybridized carbons (Fsp3) is 0.333. The van der Waals surface area contributed by atoms with Gasteiger partial charge in [-0.2, -0.15) is 23.3 Å². The van der Waals surface area contributed by atoms with E-state index in [9.17, 15) is 0 Å². The summed E-state index contributed by atoms with van der Waals surface area (Å²) in [4.78, 5) is 0. The Morgan fingerprint density at radius 2 is 1.62 bits per heavy atom. The maximum atomic E-state index is 3.12. The first-order valence-corrected chi connectivity index (χ1v) is 3.40. The molecule has 1 nitrogen and oxygen atoms in total. The molecule has 0 saturated heterocycles. The first kappa shape index (κ1) is 20.7. The molecule has 0 aromatic heterocycles. The standard InChI is InChI=1S/C9H12N.3Y/c1-7-4-5-9(10-3)6-8(7)2;;;/h4,6,10H,1-3H3;;;/q-1;;;. The van der Waals surface area contributed by atoms with Gasteiger partial charge in [-0.25, -0.2) is 0 Å². The molecule has 0 aliphatic carbocycles. The molecule has 63 valence electrons. The molecule has 0 saturated carbocycles. The van der Waals surface area contributed by atoms with E-state index in [1.54, 1.807) is 0 Å². The first-order valence-electron chi connectivity index (χ1n) is 3.40. The van der Waals surface area contributed by atoms with Crippen LogP contribution in [0.25, 0.3) is 0 Å². The second-order valence-electron chi connectivity index (χ2n) is 2.46. The Hall–Kier alpha value is 2.33. The van der Waals surface area contributed by atoms with Crippen LogP contribution >= 0.6 is 0 Å².